The molecule has 0 aliphatic carbocycles. The van der Waals surface area contributed by atoms with Gasteiger partial charge < -0.3 is 31.4 Å². The average Bonchev–Trinajstić information content (AvgIpc) is 2.98. The summed E-state index contributed by atoms with van der Waals surface area (Å²) in [7, 11) is 1.58. The van der Waals surface area contributed by atoms with E-state index in [2.05, 4.69) is 22.5 Å². The van der Waals surface area contributed by atoms with E-state index in [1.54, 1.807) is 25.2 Å². The molecule has 3 amide bonds. The molecule has 0 aromatic heterocycles. The van der Waals surface area contributed by atoms with Crippen molar-refractivity contribution in [3.8, 4) is 17.6 Å². The molecule has 10 heteroatoms. The third kappa shape index (κ3) is 7.15. The van der Waals surface area contributed by atoms with Gasteiger partial charge in [0.2, 0.25) is 0 Å². The summed E-state index contributed by atoms with van der Waals surface area (Å²) in [6.07, 6.45) is 2.13. The Morgan fingerprint density at radius 2 is 2.05 bits per heavy atom. The second-order valence-corrected chi connectivity index (χ2v) is 9.18. The molecule has 0 saturated carbocycles. The summed E-state index contributed by atoms with van der Waals surface area (Å²) in [5, 5.41) is 12.5. The predicted molar refractivity (Wildman–Crippen MR) is 137 cm³/mol. The number of fused-ring (bicyclic) bond motifs is 1. The standard InChI is InChI=1S/C27H29F2N5O3/c1-27(2,16-31)9-8-17-4-7-24-23(11-17)34(3)25(35)22(15-37-24)33-26(36)32-14-18(13-30)10-19-5-6-20(28)12-21(19)29/h4-7,11-14,22,30H,10,15-16,31H2,1-3H3,(H2,32,33,36)/b18-14-,30-13?/t22-/m0/s1. The minimum Gasteiger partial charge on any atom is -0.489 e. The summed E-state index contributed by atoms with van der Waals surface area (Å²) < 4.78 is 32.8. The number of carbonyl (C=O) groups is 2. The molecule has 194 valence electrons. The number of carbonyl (C=O) groups excluding carboxylic acids is 2. The van der Waals surface area contributed by atoms with Crippen molar-refractivity contribution in [2.24, 2.45) is 11.1 Å². The molecule has 37 heavy (non-hydrogen) atoms. The first-order valence-corrected chi connectivity index (χ1v) is 11.5. The van der Waals surface area contributed by atoms with Crippen molar-refractivity contribution in [1.29, 1.82) is 5.41 Å². The molecule has 1 heterocycles. The van der Waals surface area contributed by atoms with Crippen LogP contribution in [0.25, 0.3) is 0 Å². The van der Waals surface area contributed by atoms with E-state index in [1.807, 2.05) is 13.8 Å². The van der Waals surface area contributed by atoms with Crippen LogP contribution in [0.3, 0.4) is 0 Å². The number of allylic oxidation sites excluding steroid dienone is 1. The molecule has 3 rings (SSSR count). The highest BCUT2D eigenvalue weighted by Crippen LogP contribution is 2.31. The lowest BCUT2D eigenvalue weighted by molar-refractivity contribution is -0.120. The van der Waals surface area contributed by atoms with Crippen molar-refractivity contribution >= 4 is 23.8 Å². The summed E-state index contributed by atoms with van der Waals surface area (Å²) in [5.41, 5.74) is 7.01. The molecular weight excluding hydrogens is 480 g/mol. The van der Waals surface area contributed by atoms with Gasteiger partial charge in [0.05, 0.1) is 5.69 Å². The number of nitrogens with one attached hydrogen (secondary N) is 3. The Morgan fingerprint density at radius 3 is 2.73 bits per heavy atom. The van der Waals surface area contributed by atoms with Gasteiger partial charge in [0.25, 0.3) is 5.91 Å². The van der Waals surface area contributed by atoms with Crippen LogP contribution < -0.4 is 26.0 Å². The number of amides is 3. The van der Waals surface area contributed by atoms with E-state index in [0.717, 1.165) is 18.3 Å². The number of urea groups is 1. The van der Waals surface area contributed by atoms with Crippen molar-refractivity contribution in [3.63, 3.8) is 0 Å². The van der Waals surface area contributed by atoms with Gasteiger partial charge in [-0.2, -0.15) is 0 Å². The number of nitrogens with zero attached hydrogens (tertiary/aromatic N) is 1. The lowest BCUT2D eigenvalue weighted by Gasteiger charge is -2.20. The molecule has 1 aliphatic heterocycles. The average molecular weight is 510 g/mol. The Bertz CT molecular complexity index is 1300. The smallest absolute Gasteiger partial charge is 0.319 e. The van der Waals surface area contributed by atoms with Gasteiger partial charge in [-0.05, 0) is 49.2 Å². The van der Waals surface area contributed by atoms with Gasteiger partial charge in [0.1, 0.15) is 30.0 Å². The van der Waals surface area contributed by atoms with E-state index in [-0.39, 0.29) is 29.6 Å². The maximum absolute atomic E-state index is 13.9. The number of hydrogen-bond donors (Lipinski definition) is 4. The zero-order valence-corrected chi connectivity index (χ0v) is 20.8. The van der Waals surface area contributed by atoms with Crippen LogP contribution in [-0.4, -0.2) is 44.4 Å². The Morgan fingerprint density at radius 1 is 1.30 bits per heavy atom. The number of rotatable bonds is 6. The fourth-order valence-electron chi connectivity index (χ4n) is 3.36. The number of ether oxygens (including phenoxy) is 1. The van der Waals surface area contributed by atoms with E-state index in [1.165, 1.54) is 17.2 Å². The van der Waals surface area contributed by atoms with Gasteiger partial charge in [-0.3, -0.25) is 4.79 Å². The first-order valence-electron chi connectivity index (χ1n) is 11.5. The lowest BCUT2D eigenvalue weighted by atomic mass is 9.94. The molecule has 0 spiro atoms. The number of likely N-dealkylation sites (N-methyl/N-ethyl adjacent to an activating group) is 1. The van der Waals surface area contributed by atoms with E-state index < -0.39 is 29.6 Å². The second-order valence-electron chi connectivity index (χ2n) is 9.18. The molecule has 2 aromatic rings. The number of nitrogens with two attached hydrogens (primary N) is 1. The maximum Gasteiger partial charge on any atom is 0.319 e. The Labute approximate surface area is 214 Å². The van der Waals surface area contributed by atoms with Crippen LogP contribution in [0.5, 0.6) is 5.75 Å². The molecule has 1 aliphatic rings. The quantitative estimate of drug-likeness (QED) is 0.353. The summed E-state index contributed by atoms with van der Waals surface area (Å²) in [6.45, 7) is 4.17. The Hall–Kier alpha value is -4.23. The molecule has 0 radical (unpaired) electrons. The zero-order chi connectivity index (χ0) is 27.2. The van der Waals surface area contributed by atoms with Crippen LogP contribution in [0.2, 0.25) is 0 Å². The van der Waals surface area contributed by atoms with Crippen LogP contribution in [0.15, 0.2) is 48.2 Å². The second kappa shape index (κ2) is 11.7. The third-order valence-electron chi connectivity index (χ3n) is 5.70. The van der Waals surface area contributed by atoms with Crippen LogP contribution in [0.4, 0.5) is 19.3 Å². The van der Waals surface area contributed by atoms with E-state index >= 15 is 0 Å². The molecule has 8 nitrogen and oxygen atoms in total. The van der Waals surface area contributed by atoms with E-state index in [0.29, 0.717) is 23.5 Å². The van der Waals surface area contributed by atoms with Gasteiger partial charge in [0, 0.05) is 49.5 Å². The van der Waals surface area contributed by atoms with Crippen LogP contribution >= 0.6 is 0 Å². The third-order valence-corrected chi connectivity index (χ3v) is 5.70. The molecule has 0 fully saturated rings. The minimum absolute atomic E-state index is 0.0346. The highest BCUT2D eigenvalue weighted by atomic mass is 19.1. The summed E-state index contributed by atoms with van der Waals surface area (Å²) in [4.78, 5) is 26.9. The number of anilines is 1. The largest absolute Gasteiger partial charge is 0.489 e. The highest BCUT2D eigenvalue weighted by molar-refractivity contribution is 6.00. The van der Waals surface area contributed by atoms with Crippen molar-refractivity contribution in [1.82, 2.24) is 10.6 Å². The van der Waals surface area contributed by atoms with Gasteiger partial charge >= 0.3 is 6.03 Å². The van der Waals surface area contributed by atoms with Crippen LogP contribution in [0.1, 0.15) is 25.0 Å². The van der Waals surface area contributed by atoms with Gasteiger partial charge in [-0.25, -0.2) is 13.6 Å². The fraction of sp³-hybridized carbons (Fsp3) is 0.296. The number of benzene rings is 2. The maximum atomic E-state index is 13.9. The topological polar surface area (TPSA) is 121 Å². The monoisotopic (exact) mass is 509 g/mol. The van der Waals surface area contributed by atoms with Crippen LogP contribution in [0, 0.1) is 34.3 Å². The Balaban J connectivity index is 1.67. The van der Waals surface area contributed by atoms with Crippen molar-refractivity contribution < 1.29 is 23.1 Å². The summed E-state index contributed by atoms with van der Waals surface area (Å²) in [5.74, 6) is 4.80. The first-order chi connectivity index (χ1) is 17.5. The molecule has 1 atom stereocenters. The molecule has 0 saturated heterocycles. The molecule has 5 N–H and O–H groups in total. The van der Waals surface area contributed by atoms with Gasteiger partial charge in [0.15, 0.2) is 0 Å². The van der Waals surface area contributed by atoms with E-state index in [4.69, 9.17) is 15.9 Å². The lowest BCUT2D eigenvalue weighted by Crippen LogP contribution is -2.51. The first kappa shape index (κ1) is 27.4. The molecular formula is C27H29F2N5O3. The molecule has 0 unspecified atom stereocenters. The van der Waals surface area contributed by atoms with Gasteiger partial charge in [-0.15, -0.1) is 0 Å². The zero-order valence-electron chi connectivity index (χ0n) is 20.8. The summed E-state index contributed by atoms with van der Waals surface area (Å²) in [6, 6.07) is 6.67. The van der Waals surface area contributed by atoms with Crippen molar-refractivity contribution in [2.75, 3.05) is 25.1 Å². The van der Waals surface area contributed by atoms with Gasteiger partial charge in [-0.1, -0.05) is 17.9 Å². The summed E-state index contributed by atoms with van der Waals surface area (Å²) >= 11 is 0. The predicted octanol–water partition coefficient (Wildman–Crippen LogP) is 3.10. The minimum atomic E-state index is -0.991. The number of halogens is 2. The molecule has 0 bridgehead atoms. The molecule has 2 aromatic carbocycles. The SMILES string of the molecule is CN1C(=O)[C@@H](NC(=O)N/C=C(\C=N)Cc2ccc(F)cc2F)COc2ccc(C#CC(C)(C)CN)cc21. The number of hydrogen-bond acceptors (Lipinski definition) is 5. The normalized spacial score (nSPS) is 15.5. The van der Waals surface area contributed by atoms with Crippen molar-refractivity contribution in [3.05, 3.63) is 70.9 Å². The van der Waals surface area contributed by atoms with Crippen LogP contribution in [-0.2, 0) is 11.2 Å². The van der Waals surface area contributed by atoms with Crippen molar-refractivity contribution in [2.45, 2.75) is 26.3 Å². The Kier molecular flexibility index (Phi) is 8.63. The highest BCUT2D eigenvalue weighted by Gasteiger charge is 2.30. The van der Waals surface area contributed by atoms with E-state index in [9.17, 15) is 18.4 Å². The fourth-order valence-corrected chi connectivity index (χ4v) is 3.36.